The van der Waals surface area contributed by atoms with Gasteiger partial charge in [-0.05, 0) is 62.2 Å². The molecule has 0 aliphatic carbocycles. The molecule has 3 aromatic rings. The van der Waals surface area contributed by atoms with E-state index in [0.29, 0.717) is 5.56 Å². The fraction of sp³-hybridized carbons (Fsp3) is 0.176. The van der Waals surface area contributed by atoms with Crippen LogP contribution in [0.4, 0.5) is 0 Å². The van der Waals surface area contributed by atoms with Crippen LogP contribution in [-0.2, 0) is 0 Å². The maximum Gasteiger partial charge on any atom is 0.161 e. The summed E-state index contributed by atoms with van der Waals surface area (Å²) in [7, 11) is 0. The molecule has 0 radical (unpaired) electrons. The number of aryl methyl sites for hydroxylation is 2. The number of nitrogens with zero attached hydrogens (tertiary/aromatic N) is 2. The topological polar surface area (TPSA) is 34.9 Å². The Kier molecular flexibility index (Phi) is 3.41. The predicted octanol–water partition coefficient (Wildman–Crippen LogP) is 4.61. The highest BCUT2D eigenvalue weighted by molar-refractivity contribution is 9.10. The number of benzene rings is 2. The van der Waals surface area contributed by atoms with Crippen molar-refractivity contribution in [3.05, 3.63) is 57.8 Å². The highest BCUT2D eigenvalue weighted by Crippen LogP contribution is 2.26. The second-order valence-corrected chi connectivity index (χ2v) is 6.17. The highest BCUT2D eigenvalue weighted by atomic mass is 79.9. The molecule has 3 rings (SSSR count). The van der Waals surface area contributed by atoms with Gasteiger partial charge in [0.25, 0.3) is 0 Å². The molecule has 0 saturated carbocycles. The lowest BCUT2D eigenvalue weighted by atomic mass is 10.1. The van der Waals surface area contributed by atoms with Gasteiger partial charge in [0, 0.05) is 10.0 Å². The van der Waals surface area contributed by atoms with Gasteiger partial charge in [-0.1, -0.05) is 15.9 Å². The molecule has 106 valence electrons. The molecule has 0 aliphatic heterocycles. The fourth-order valence-corrected chi connectivity index (χ4v) is 2.81. The molecule has 1 heterocycles. The summed E-state index contributed by atoms with van der Waals surface area (Å²) in [6.45, 7) is 5.74. The van der Waals surface area contributed by atoms with E-state index in [0.717, 1.165) is 21.2 Å². The van der Waals surface area contributed by atoms with Crippen molar-refractivity contribution >= 4 is 32.7 Å². The number of imidazole rings is 1. The van der Waals surface area contributed by atoms with E-state index in [4.69, 9.17) is 0 Å². The first-order valence-corrected chi connectivity index (χ1v) is 7.52. The van der Waals surface area contributed by atoms with Crippen LogP contribution in [0.1, 0.15) is 28.4 Å². The van der Waals surface area contributed by atoms with E-state index in [1.54, 1.807) is 13.3 Å². The zero-order valence-electron chi connectivity index (χ0n) is 12.1. The highest BCUT2D eigenvalue weighted by Gasteiger charge is 2.13. The second kappa shape index (κ2) is 5.11. The molecular weight excluding hydrogens is 328 g/mol. The van der Waals surface area contributed by atoms with Crippen LogP contribution in [0.2, 0.25) is 0 Å². The lowest BCUT2D eigenvalue weighted by Crippen LogP contribution is -2.02. The van der Waals surface area contributed by atoms with Gasteiger partial charge in [0.2, 0.25) is 0 Å². The Morgan fingerprint density at radius 2 is 1.86 bits per heavy atom. The standard InChI is InChI=1S/C17H15BrN2O/c1-10-6-15-17(7-11(10)2)20(9-19-15)16-8-13(18)4-5-14(16)12(3)21/h4-9H,1-3H3. The average Bonchev–Trinajstić information content (AvgIpc) is 2.81. The van der Waals surface area contributed by atoms with E-state index in [1.807, 2.05) is 22.8 Å². The largest absolute Gasteiger partial charge is 0.298 e. The SMILES string of the molecule is CC(=O)c1ccc(Br)cc1-n1cnc2cc(C)c(C)cc21. The van der Waals surface area contributed by atoms with Crippen LogP contribution in [0.15, 0.2) is 41.1 Å². The van der Waals surface area contributed by atoms with Crippen LogP contribution in [0.3, 0.4) is 0 Å². The quantitative estimate of drug-likeness (QED) is 0.637. The number of hydrogen-bond donors (Lipinski definition) is 0. The van der Waals surface area contributed by atoms with Gasteiger partial charge in [-0.3, -0.25) is 9.36 Å². The van der Waals surface area contributed by atoms with Gasteiger partial charge in [0.1, 0.15) is 6.33 Å². The Hall–Kier alpha value is -1.94. The van der Waals surface area contributed by atoms with E-state index in [9.17, 15) is 4.79 Å². The Balaban J connectivity index is 2.33. The second-order valence-electron chi connectivity index (χ2n) is 5.26. The smallest absolute Gasteiger partial charge is 0.161 e. The van der Waals surface area contributed by atoms with Crippen LogP contribution in [0, 0.1) is 13.8 Å². The molecule has 0 atom stereocenters. The first kappa shape index (κ1) is 14.0. The van der Waals surface area contributed by atoms with Crippen molar-refractivity contribution in [3.63, 3.8) is 0 Å². The van der Waals surface area contributed by atoms with Gasteiger partial charge in [-0.25, -0.2) is 4.98 Å². The maximum atomic E-state index is 11.9. The number of hydrogen-bond acceptors (Lipinski definition) is 2. The fourth-order valence-electron chi connectivity index (χ4n) is 2.46. The van der Waals surface area contributed by atoms with E-state index in [1.165, 1.54) is 11.1 Å². The van der Waals surface area contributed by atoms with Gasteiger partial charge in [0.15, 0.2) is 5.78 Å². The number of carbonyl (C=O) groups is 1. The molecule has 0 N–H and O–H groups in total. The summed E-state index contributed by atoms with van der Waals surface area (Å²) in [5.41, 5.74) is 5.92. The summed E-state index contributed by atoms with van der Waals surface area (Å²) in [4.78, 5) is 16.3. The number of rotatable bonds is 2. The molecule has 1 aromatic heterocycles. The minimum atomic E-state index is 0.0446. The van der Waals surface area contributed by atoms with Crippen molar-refractivity contribution in [2.24, 2.45) is 0 Å². The molecule has 0 unspecified atom stereocenters. The average molecular weight is 343 g/mol. The van der Waals surface area contributed by atoms with Crippen molar-refractivity contribution in [2.75, 3.05) is 0 Å². The van der Waals surface area contributed by atoms with E-state index < -0.39 is 0 Å². The van der Waals surface area contributed by atoms with E-state index in [-0.39, 0.29) is 5.78 Å². The monoisotopic (exact) mass is 342 g/mol. The minimum absolute atomic E-state index is 0.0446. The van der Waals surface area contributed by atoms with Crippen LogP contribution in [-0.4, -0.2) is 15.3 Å². The molecule has 3 nitrogen and oxygen atoms in total. The number of fused-ring (bicyclic) bond motifs is 1. The maximum absolute atomic E-state index is 11.9. The summed E-state index contributed by atoms with van der Waals surface area (Å²) >= 11 is 3.48. The lowest BCUT2D eigenvalue weighted by Gasteiger charge is -2.10. The van der Waals surface area contributed by atoms with Gasteiger partial charge in [-0.2, -0.15) is 0 Å². The normalized spacial score (nSPS) is 11.0. The molecule has 4 heteroatoms. The zero-order valence-corrected chi connectivity index (χ0v) is 13.7. The van der Waals surface area contributed by atoms with Crippen molar-refractivity contribution in [1.82, 2.24) is 9.55 Å². The van der Waals surface area contributed by atoms with Crippen molar-refractivity contribution in [3.8, 4) is 5.69 Å². The summed E-state index contributed by atoms with van der Waals surface area (Å²) < 4.78 is 2.91. The van der Waals surface area contributed by atoms with Gasteiger partial charge < -0.3 is 0 Å². The molecular formula is C17H15BrN2O. The minimum Gasteiger partial charge on any atom is -0.298 e. The first-order chi connectivity index (χ1) is 9.97. The summed E-state index contributed by atoms with van der Waals surface area (Å²) in [6.07, 6.45) is 1.78. The third-order valence-electron chi connectivity index (χ3n) is 3.76. The van der Waals surface area contributed by atoms with Crippen LogP contribution in [0.5, 0.6) is 0 Å². The van der Waals surface area contributed by atoms with Gasteiger partial charge >= 0.3 is 0 Å². The molecule has 0 aliphatic rings. The number of ketones is 1. The predicted molar refractivity (Wildman–Crippen MR) is 88.2 cm³/mol. The molecule has 0 spiro atoms. The first-order valence-electron chi connectivity index (χ1n) is 6.72. The van der Waals surface area contributed by atoms with Gasteiger partial charge in [-0.15, -0.1) is 0 Å². The van der Waals surface area contributed by atoms with Crippen LogP contribution < -0.4 is 0 Å². The van der Waals surface area contributed by atoms with Crippen LogP contribution in [0.25, 0.3) is 16.7 Å². The number of Topliss-reactive ketones (excluding diaryl/α,β-unsaturated/α-hetero) is 1. The molecule has 2 aromatic carbocycles. The summed E-state index contributed by atoms with van der Waals surface area (Å²) in [5, 5.41) is 0. The van der Waals surface area contributed by atoms with E-state index >= 15 is 0 Å². The Labute approximate surface area is 131 Å². The van der Waals surface area contributed by atoms with Crippen molar-refractivity contribution < 1.29 is 4.79 Å². The number of halogens is 1. The molecule has 0 saturated heterocycles. The van der Waals surface area contributed by atoms with Gasteiger partial charge in [0.05, 0.1) is 16.7 Å². The lowest BCUT2D eigenvalue weighted by molar-refractivity contribution is 0.101. The summed E-state index contributed by atoms with van der Waals surface area (Å²) in [6, 6.07) is 9.87. The van der Waals surface area contributed by atoms with Crippen LogP contribution >= 0.6 is 15.9 Å². The van der Waals surface area contributed by atoms with Crippen molar-refractivity contribution in [2.45, 2.75) is 20.8 Å². The number of aromatic nitrogens is 2. The third kappa shape index (κ3) is 2.40. The third-order valence-corrected chi connectivity index (χ3v) is 4.25. The van der Waals surface area contributed by atoms with Crippen molar-refractivity contribution in [1.29, 1.82) is 0 Å². The van der Waals surface area contributed by atoms with E-state index in [2.05, 4.69) is 46.9 Å². The molecule has 0 fully saturated rings. The summed E-state index contributed by atoms with van der Waals surface area (Å²) in [5.74, 6) is 0.0446. The molecule has 0 bridgehead atoms. The molecule has 0 amide bonds. The molecule has 21 heavy (non-hydrogen) atoms. The Bertz CT molecular complexity index is 865. The Morgan fingerprint density at radius 3 is 2.57 bits per heavy atom. The zero-order chi connectivity index (χ0) is 15.1. The number of carbonyl (C=O) groups excluding carboxylic acids is 1. The Morgan fingerprint density at radius 1 is 1.14 bits per heavy atom.